The molecule has 0 atom stereocenters. The number of carbonyl (C=O) groups is 1. The number of para-hydroxylation sites is 1. The molecule has 0 radical (unpaired) electrons. The zero-order valence-corrected chi connectivity index (χ0v) is 16.3. The molecule has 0 fully saturated rings. The lowest BCUT2D eigenvalue weighted by Gasteiger charge is -2.09. The number of nitrogens with one attached hydrogen (secondary N) is 2. The molecule has 0 saturated carbocycles. The van der Waals surface area contributed by atoms with Gasteiger partial charge in [-0.25, -0.2) is 0 Å². The van der Waals surface area contributed by atoms with Gasteiger partial charge in [0, 0.05) is 17.6 Å². The van der Waals surface area contributed by atoms with Gasteiger partial charge >= 0.3 is 0 Å². The van der Waals surface area contributed by atoms with Crippen molar-refractivity contribution < 1.29 is 9.53 Å². The Bertz CT molecular complexity index is 1070. The van der Waals surface area contributed by atoms with Crippen molar-refractivity contribution in [2.24, 2.45) is 0 Å². The predicted octanol–water partition coefficient (Wildman–Crippen LogP) is 5.55. The molecule has 0 aliphatic rings. The van der Waals surface area contributed by atoms with E-state index in [0.717, 1.165) is 22.6 Å². The van der Waals surface area contributed by atoms with Crippen molar-refractivity contribution in [2.75, 3.05) is 10.6 Å². The fourth-order valence-electron chi connectivity index (χ4n) is 2.64. The molecule has 3 rings (SSSR count). The Labute approximate surface area is 170 Å². The molecule has 2 N–H and O–H groups in total. The van der Waals surface area contributed by atoms with Gasteiger partial charge in [-0.3, -0.25) is 4.79 Å². The maximum atomic E-state index is 12.4. The Morgan fingerprint density at radius 3 is 2.31 bits per heavy atom. The van der Waals surface area contributed by atoms with Crippen molar-refractivity contribution >= 4 is 17.3 Å². The van der Waals surface area contributed by atoms with Crippen LogP contribution in [0.25, 0.3) is 0 Å². The van der Waals surface area contributed by atoms with Crippen LogP contribution in [0.4, 0.5) is 11.4 Å². The Kier molecular flexibility index (Phi) is 6.29. The molecule has 0 spiro atoms. The molecule has 0 bridgehead atoms. The summed E-state index contributed by atoms with van der Waals surface area (Å²) >= 11 is 0. The number of aryl methyl sites for hydroxylation is 1. The van der Waals surface area contributed by atoms with Crippen molar-refractivity contribution in [3.8, 4) is 17.6 Å². The van der Waals surface area contributed by atoms with E-state index in [0.29, 0.717) is 11.4 Å². The number of hydrogen-bond donors (Lipinski definition) is 2. The third-order valence-corrected chi connectivity index (χ3v) is 4.43. The molecular weight excluding hydrogens is 362 g/mol. The number of anilines is 2. The van der Waals surface area contributed by atoms with Crippen LogP contribution in [-0.2, 0) is 4.79 Å². The molecule has 144 valence electrons. The van der Waals surface area contributed by atoms with Gasteiger partial charge < -0.3 is 15.4 Å². The van der Waals surface area contributed by atoms with Crippen molar-refractivity contribution in [1.29, 1.82) is 5.26 Å². The van der Waals surface area contributed by atoms with Gasteiger partial charge in [0.2, 0.25) is 0 Å². The first-order chi connectivity index (χ1) is 14.1. The van der Waals surface area contributed by atoms with E-state index in [1.54, 1.807) is 24.3 Å². The van der Waals surface area contributed by atoms with Crippen molar-refractivity contribution in [2.45, 2.75) is 13.8 Å². The average molecular weight is 383 g/mol. The number of amides is 1. The number of rotatable bonds is 6. The summed E-state index contributed by atoms with van der Waals surface area (Å²) in [5.41, 5.74) is 3.60. The number of nitriles is 1. The highest BCUT2D eigenvalue weighted by atomic mass is 16.5. The normalized spacial score (nSPS) is 10.7. The number of carbonyl (C=O) groups excluding carboxylic acids is 1. The first-order valence-corrected chi connectivity index (χ1v) is 9.14. The van der Waals surface area contributed by atoms with Crippen molar-refractivity contribution in [1.82, 2.24) is 0 Å². The van der Waals surface area contributed by atoms with Crippen LogP contribution >= 0.6 is 0 Å². The van der Waals surface area contributed by atoms with Gasteiger partial charge in [0.25, 0.3) is 5.91 Å². The van der Waals surface area contributed by atoms with E-state index in [2.05, 4.69) is 10.6 Å². The molecule has 0 unspecified atom stereocenters. The number of nitrogens with zero attached hydrogens (tertiary/aromatic N) is 1. The molecule has 0 aromatic heterocycles. The molecular formula is C24H21N3O2. The third-order valence-electron chi connectivity index (χ3n) is 4.43. The summed E-state index contributed by atoms with van der Waals surface area (Å²) in [7, 11) is 0. The molecule has 0 saturated heterocycles. The molecule has 5 nitrogen and oxygen atoms in total. The van der Waals surface area contributed by atoms with Crippen LogP contribution in [0.5, 0.6) is 11.5 Å². The molecule has 5 heteroatoms. The van der Waals surface area contributed by atoms with E-state index in [9.17, 15) is 10.1 Å². The fourth-order valence-corrected chi connectivity index (χ4v) is 2.64. The predicted molar refractivity (Wildman–Crippen MR) is 115 cm³/mol. The van der Waals surface area contributed by atoms with Gasteiger partial charge in [-0.1, -0.05) is 30.3 Å². The Hall–Kier alpha value is -4.04. The standard InChI is InChI=1S/C24H21N3O2/c1-17-7-6-10-23(18(17)2)26-16-19(15-25)24(28)27-20-11-13-22(14-12-20)29-21-8-4-3-5-9-21/h3-14,16,26H,1-2H3,(H,27,28)/b19-16-. The Morgan fingerprint density at radius 2 is 1.62 bits per heavy atom. The van der Waals surface area contributed by atoms with Crippen LogP contribution in [0.1, 0.15) is 11.1 Å². The molecule has 1 amide bonds. The summed E-state index contributed by atoms with van der Waals surface area (Å²) in [6, 6.07) is 24.2. The topological polar surface area (TPSA) is 74.2 Å². The second kappa shape index (κ2) is 9.25. The summed E-state index contributed by atoms with van der Waals surface area (Å²) < 4.78 is 5.73. The fraction of sp³-hybridized carbons (Fsp3) is 0.0833. The lowest BCUT2D eigenvalue weighted by atomic mass is 10.1. The third kappa shape index (κ3) is 5.24. The van der Waals surface area contributed by atoms with Crippen LogP contribution in [0.2, 0.25) is 0 Å². The van der Waals surface area contributed by atoms with Gasteiger partial charge in [-0.2, -0.15) is 5.26 Å². The van der Waals surface area contributed by atoms with Gasteiger partial charge in [0.1, 0.15) is 23.1 Å². The maximum absolute atomic E-state index is 12.4. The first kappa shape index (κ1) is 19.7. The lowest BCUT2D eigenvalue weighted by molar-refractivity contribution is -0.112. The van der Waals surface area contributed by atoms with Crippen molar-refractivity contribution in [3.05, 3.63) is 95.7 Å². The molecule has 3 aromatic carbocycles. The van der Waals surface area contributed by atoms with Crippen LogP contribution in [0, 0.1) is 25.2 Å². The highest BCUT2D eigenvalue weighted by Crippen LogP contribution is 2.23. The van der Waals surface area contributed by atoms with Gasteiger partial charge in [0.05, 0.1) is 0 Å². The second-order valence-corrected chi connectivity index (χ2v) is 6.46. The number of benzene rings is 3. The minimum absolute atomic E-state index is 0.0180. The average Bonchev–Trinajstić information content (AvgIpc) is 2.73. The summed E-state index contributed by atoms with van der Waals surface area (Å²) in [6.07, 6.45) is 1.42. The largest absolute Gasteiger partial charge is 0.457 e. The summed E-state index contributed by atoms with van der Waals surface area (Å²) in [4.78, 5) is 12.4. The SMILES string of the molecule is Cc1cccc(N/C=C(/C#N)C(=O)Nc2ccc(Oc3ccccc3)cc2)c1C. The van der Waals surface area contributed by atoms with Gasteiger partial charge in [-0.15, -0.1) is 0 Å². The Balaban J connectivity index is 1.64. The van der Waals surface area contributed by atoms with Crippen LogP contribution in [0.15, 0.2) is 84.6 Å². The van der Waals surface area contributed by atoms with E-state index in [-0.39, 0.29) is 5.57 Å². The molecule has 3 aromatic rings. The minimum Gasteiger partial charge on any atom is -0.457 e. The number of ether oxygens (including phenoxy) is 1. The molecule has 29 heavy (non-hydrogen) atoms. The smallest absolute Gasteiger partial charge is 0.267 e. The lowest BCUT2D eigenvalue weighted by Crippen LogP contribution is -2.14. The van der Waals surface area contributed by atoms with Crippen LogP contribution < -0.4 is 15.4 Å². The van der Waals surface area contributed by atoms with Crippen LogP contribution in [0.3, 0.4) is 0 Å². The first-order valence-electron chi connectivity index (χ1n) is 9.14. The maximum Gasteiger partial charge on any atom is 0.267 e. The zero-order valence-electron chi connectivity index (χ0n) is 16.3. The molecule has 0 aliphatic heterocycles. The molecule has 0 heterocycles. The minimum atomic E-state index is -0.484. The quantitative estimate of drug-likeness (QED) is 0.432. The summed E-state index contributed by atoms with van der Waals surface area (Å²) in [5, 5.41) is 15.1. The van der Waals surface area contributed by atoms with E-state index in [4.69, 9.17) is 4.74 Å². The summed E-state index contributed by atoms with van der Waals surface area (Å²) in [5.74, 6) is 0.903. The monoisotopic (exact) mass is 383 g/mol. The van der Waals surface area contributed by atoms with Gasteiger partial charge in [-0.05, 0) is 67.4 Å². The van der Waals surface area contributed by atoms with E-state index >= 15 is 0 Å². The zero-order chi connectivity index (χ0) is 20.6. The van der Waals surface area contributed by atoms with E-state index < -0.39 is 5.91 Å². The van der Waals surface area contributed by atoms with E-state index in [1.807, 2.05) is 68.4 Å². The Morgan fingerprint density at radius 1 is 0.931 bits per heavy atom. The highest BCUT2D eigenvalue weighted by molar-refractivity contribution is 6.06. The second-order valence-electron chi connectivity index (χ2n) is 6.46. The summed E-state index contributed by atoms with van der Waals surface area (Å²) in [6.45, 7) is 3.99. The van der Waals surface area contributed by atoms with Crippen molar-refractivity contribution in [3.63, 3.8) is 0 Å². The highest BCUT2D eigenvalue weighted by Gasteiger charge is 2.10. The van der Waals surface area contributed by atoms with E-state index in [1.165, 1.54) is 6.20 Å². The number of hydrogen-bond acceptors (Lipinski definition) is 4. The van der Waals surface area contributed by atoms with Crippen LogP contribution in [-0.4, -0.2) is 5.91 Å². The molecule has 0 aliphatic carbocycles. The van der Waals surface area contributed by atoms with Gasteiger partial charge in [0.15, 0.2) is 0 Å².